The lowest BCUT2D eigenvalue weighted by atomic mass is 10.0. The summed E-state index contributed by atoms with van der Waals surface area (Å²) < 4.78 is 0. The van der Waals surface area contributed by atoms with Crippen molar-refractivity contribution < 1.29 is 4.79 Å². The maximum absolute atomic E-state index is 12.8. The topological polar surface area (TPSA) is 36.4 Å². The first kappa shape index (κ1) is 16.8. The molecular weight excluding hydrogens is 334 g/mol. The molecule has 1 aliphatic heterocycles. The molecule has 0 unspecified atom stereocenters. The van der Waals surface area contributed by atoms with E-state index in [9.17, 15) is 4.79 Å². The number of amides is 1. The molecule has 0 radical (unpaired) electrons. The van der Waals surface area contributed by atoms with Crippen LogP contribution in [0, 0.1) is 6.92 Å². The predicted molar refractivity (Wildman–Crippen MR) is 107 cm³/mol. The third kappa shape index (κ3) is 3.33. The van der Waals surface area contributed by atoms with Crippen molar-refractivity contribution in [2.75, 3.05) is 31.1 Å². The van der Waals surface area contributed by atoms with E-state index in [4.69, 9.17) is 0 Å². The molecule has 0 bridgehead atoms. The van der Waals surface area contributed by atoms with Gasteiger partial charge in [0.05, 0.1) is 5.56 Å². The Morgan fingerprint density at radius 3 is 2.41 bits per heavy atom. The fourth-order valence-corrected chi connectivity index (χ4v) is 4.26. The Bertz CT molecular complexity index is 862. The zero-order valence-electron chi connectivity index (χ0n) is 16.0. The largest absolute Gasteiger partial charge is 0.368 e. The van der Waals surface area contributed by atoms with Crippen molar-refractivity contribution in [2.45, 2.75) is 44.4 Å². The monoisotopic (exact) mass is 361 g/mol. The molecule has 3 fully saturated rings. The number of aromatic nitrogens is 1. The van der Waals surface area contributed by atoms with Crippen LogP contribution in [0.5, 0.6) is 0 Å². The number of benzene rings is 1. The molecule has 5 rings (SSSR count). The number of hydrogen-bond acceptors (Lipinski definition) is 3. The van der Waals surface area contributed by atoms with Gasteiger partial charge in [0.2, 0.25) is 0 Å². The molecule has 0 N–H and O–H groups in total. The van der Waals surface area contributed by atoms with E-state index < -0.39 is 0 Å². The fourth-order valence-electron chi connectivity index (χ4n) is 4.26. The number of hydrogen-bond donors (Lipinski definition) is 0. The molecule has 27 heavy (non-hydrogen) atoms. The van der Waals surface area contributed by atoms with Crippen molar-refractivity contribution in [1.82, 2.24) is 9.88 Å². The number of aryl methyl sites for hydroxylation is 1. The van der Waals surface area contributed by atoms with Crippen molar-refractivity contribution in [3.8, 4) is 0 Å². The number of nitrogens with zero attached hydrogens (tertiary/aromatic N) is 3. The molecule has 2 aromatic rings. The zero-order chi connectivity index (χ0) is 18.4. The molecular formula is C23H27N3O. The lowest BCUT2D eigenvalue weighted by Crippen LogP contribution is -2.49. The van der Waals surface area contributed by atoms with Crippen molar-refractivity contribution in [2.24, 2.45) is 0 Å². The smallest absolute Gasteiger partial charge is 0.255 e. The minimum Gasteiger partial charge on any atom is -0.368 e. The maximum Gasteiger partial charge on any atom is 0.255 e. The summed E-state index contributed by atoms with van der Waals surface area (Å²) in [4.78, 5) is 21.4. The van der Waals surface area contributed by atoms with Gasteiger partial charge in [-0.3, -0.25) is 9.78 Å². The van der Waals surface area contributed by atoms with Gasteiger partial charge in [0.15, 0.2) is 0 Å². The van der Waals surface area contributed by atoms with Gasteiger partial charge >= 0.3 is 0 Å². The van der Waals surface area contributed by atoms with Crippen LogP contribution in [0.15, 0.2) is 36.7 Å². The summed E-state index contributed by atoms with van der Waals surface area (Å²) in [6, 6.07) is 9.09. The molecule has 2 aliphatic carbocycles. The number of anilines is 1. The van der Waals surface area contributed by atoms with E-state index in [1.165, 1.54) is 31.4 Å². The van der Waals surface area contributed by atoms with E-state index in [0.717, 1.165) is 49.1 Å². The SMILES string of the molecule is Cc1ccncc1C(=O)N1CCN(c2ccc(C3CC3)cc2C2CC2)CC1. The predicted octanol–water partition coefficient (Wildman–Crippen LogP) is 4.11. The summed E-state index contributed by atoms with van der Waals surface area (Å²) in [6.45, 7) is 5.36. The molecule has 1 saturated heterocycles. The van der Waals surface area contributed by atoms with Gasteiger partial charge in [-0.2, -0.15) is 0 Å². The molecule has 0 atom stereocenters. The highest BCUT2D eigenvalue weighted by atomic mass is 16.2. The minimum atomic E-state index is 0.117. The van der Waals surface area contributed by atoms with Crippen molar-refractivity contribution in [1.29, 1.82) is 0 Å². The molecule has 1 aromatic heterocycles. The maximum atomic E-state index is 12.8. The van der Waals surface area contributed by atoms with Crippen LogP contribution in [0.4, 0.5) is 5.69 Å². The molecule has 4 nitrogen and oxygen atoms in total. The Balaban J connectivity index is 1.31. The highest BCUT2D eigenvalue weighted by Gasteiger charge is 2.32. The zero-order valence-corrected chi connectivity index (χ0v) is 16.0. The van der Waals surface area contributed by atoms with E-state index in [1.54, 1.807) is 23.5 Å². The molecule has 1 amide bonds. The summed E-state index contributed by atoms with van der Waals surface area (Å²) in [5, 5.41) is 0. The van der Waals surface area contributed by atoms with Gasteiger partial charge in [0.25, 0.3) is 5.91 Å². The van der Waals surface area contributed by atoms with Gasteiger partial charge in [0.1, 0.15) is 0 Å². The number of piperazine rings is 1. The number of rotatable bonds is 4. The summed E-state index contributed by atoms with van der Waals surface area (Å²) in [5.41, 5.74) is 6.25. The molecule has 2 heterocycles. The first-order valence-corrected chi connectivity index (χ1v) is 10.3. The summed E-state index contributed by atoms with van der Waals surface area (Å²) in [6.07, 6.45) is 8.83. The molecule has 0 spiro atoms. The van der Waals surface area contributed by atoms with Gasteiger partial charge in [-0.1, -0.05) is 12.1 Å². The highest BCUT2D eigenvalue weighted by molar-refractivity contribution is 5.95. The van der Waals surface area contributed by atoms with Crippen molar-refractivity contribution >= 4 is 11.6 Å². The Labute approximate surface area is 161 Å². The third-order valence-corrected chi connectivity index (χ3v) is 6.29. The highest BCUT2D eigenvalue weighted by Crippen LogP contribution is 2.48. The van der Waals surface area contributed by atoms with Crippen LogP contribution in [-0.4, -0.2) is 42.0 Å². The van der Waals surface area contributed by atoms with Crippen molar-refractivity contribution in [3.05, 3.63) is 58.9 Å². The van der Waals surface area contributed by atoms with Crippen molar-refractivity contribution in [3.63, 3.8) is 0 Å². The standard InChI is InChI=1S/C23H27N3O/c1-16-8-9-24-15-21(16)23(27)26-12-10-25(11-13-26)22-7-6-19(17-2-3-17)14-20(22)18-4-5-18/h6-9,14-15,17-18H,2-5,10-13H2,1H3. The summed E-state index contributed by atoms with van der Waals surface area (Å²) in [7, 11) is 0. The number of pyridine rings is 1. The summed E-state index contributed by atoms with van der Waals surface area (Å²) in [5.74, 6) is 1.69. The van der Waals surface area contributed by atoms with Crippen LogP contribution in [0.1, 0.15) is 64.6 Å². The van der Waals surface area contributed by atoms with Gasteiger partial charge in [-0.15, -0.1) is 0 Å². The van der Waals surface area contributed by atoms with E-state index in [2.05, 4.69) is 28.1 Å². The van der Waals surface area contributed by atoms with Gasteiger partial charge in [-0.05, 0) is 73.3 Å². The van der Waals surface area contributed by atoms with Crippen LogP contribution in [0.25, 0.3) is 0 Å². The van der Waals surface area contributed by atoms with Gasteiger partial charge < -0.3 is 9.80 Å². The fraction of sp³-hybridized carbons (Fsp3) is 0.478. The first-order valence-electron chi connectivity index (χ1n) is 10.3. The molecule has 140 valence electrons. The Morgan fingerprint density at radius 2 is 1.74 bits per heavy atom. The lowest BCUT2D eigenvalue weighted by Gasteiger charge is -2.37. The van der Waals surface area contributed by atoms with E-state index in [-0.39, 0.29) is 5.91 Å². The normalized spacial score (nSPS) is 20.0. The number of carbonyl (C=O) groups is 1. The van der Waals surface area contributed by atoms with Crippen LogP contribution in [0.2, 0.25) is 0 Å². The average Bonchev–Trinajstić information content (AvgIpc) is 3.60. The number of carbonyl (C=O) groups excluding carboxylic acids is 1. The van der Waals surface area contributed by atoms with Crippen LogP contribution in [-0.2, 0) is 0 Å². The Kier molecular flexibility index (Phi) is 4.14. The summed E-state index contributed by atoms with van der Waals surface area (Å²) >= 11 is 0. The average molecular weight is 361 g/mol. The second kappa shape index (κ2) is 6.66. The second-order valence-electron chi connectivity index (χ2n) is 8.34. The molecule has 1 aromatic carbocycles. The van der Waals surface area contributed by atoms with E-state index in [0.29, 0.717) is 0 Å². The van der Waals surface area contributed by atoms with Crippen LogP contribution < -0.4 is 4.90 Å². The second-order valence-corrected chi connectivity index (χ2v) is 8.34. The van der Waals surface area contributed by atoms with E-state index >= 15 is 0 Å². The third-order valence-electron chi connectivity index (χ3n) is 6.29. The molecule has 4 heteroatoms. The Morgan fingerprint density at radius 1 is 1.00 bits per heavy atom. The lowest BCUT2D eigenvalue weighted by molar-refractivity contribution is 0.0745. The first-order chi connectivity index (χ1) is 13.2. The molecule has 3 aliphatic rings. The van der Waals surface area contributed by atoms with Crippen LogP contribution >= 0.6 is 0 Å². The van der Waals surface area contributed by atoms with Gasteiger partial charge in [0, 0.05) is 44.3 Å². The van der Waals surface area contributed by atoms with E-state index in [1.807, 2.05) is 17.9 Å². The van der Waals surface area contributed by atoms with Gasteiger partial charge in [-0.25, -0.2) is 0 Å². The Hall–Kier alpha value is -2.36. The quantitative estimate of drug-likeness (QED) is 0.822. The minimum absolute atomic E-state index is 0.117. The molecule has 2 saturated carbocycles. The van der Waals surface area contributed by atoms with Crippen LogP contribution in [0.3, 0.4) is 0 Å².